The van der Waals surface area contributed by atoms with Crippen molar-refractivity contribution in [3.63, 3.8) is 0 Å². The highest BCUT2D eigenvalue weighted by Gasteiger charge is 1.99. The molecule has 2 aromatic rings. The highest BCUT2D eigenvalue weighted by molar-refractivity contribution is 5.66. The summed E-state index contributed by atoms with van der Waals surface area (Å²) in [6.07, 6.45) is 4.34. The van der Waals surface area contributed by atoms with Gasteiger partial charge < -0.3 is 0 Å². The van der Waals surface area contributed by atoms with Crippen LogP contribution in [0.1, 0.15) is 33.3 Å². The third-order valence-corrected chi connectivity index (χ3v) is 3.10. The lowest BCUT2D eigenvalue weighted by Gasteiger charge is -2.04. The van der Waals surface area contributed by atoms with E-state index in [1.807, 2.05) is 13.8 Å². The van der Waals surface area contributed by atoms with Crippen molar-refractivity contribution in [3.05, 3.63) is 58.5 Å². The van der Waals surface area contributed by atoms with Crippen LogP contribution in [0.5, 0.6) is 0 Å². The van der Waals surface area contributed by atoms with Crippen molar-refractivity contribution in [3.8, 4) is 11.1 Å². The van der Waals surface area contributed by atoms with E-state index in [1.165, 1.54) is 27.1 Å². The topological polar surface area (TPSA) is 0 Å². The van der Waals surface area contributed by atoms with E-state index in [0.29, 0.717) is 0 Å². The highest BCUT2D eigenvalue weighted by atomic mass is 14.0. The number of aryl methyl sites for hydroxylation is 1. The van der Waals surface area contributed by atoms with E-state index < -0.39 is 0 Å². The summed E-state index contributed by atoms with van der Waals surface area (Å²) in [4.78, 5) is 0. The first-order valence-electron chi connectivity index (χ1n) is 7.05. The van der Waals surface area contributed by atoms with Crippen molar-refractivity contribution in [1.29, 1.82) is 0 Å². The minimum absolute atomic E-state index is 1.28. The van der Waals surface area contributed by atoms with Gasteiger partial charge in [0.1, 0.15) is 0 Å². The average Bonchev–Trinajstić information content (AvgIpc) is 2.49. The zero-order chi connectivity index (χ0) is 14.3. The Morgan fingerprint density at radius 2 is 1.42 bits per heavy atom. The van der Waals surface area contributed by atoms with Crippen LogP contribution in [0.4, 0.5) is 0 Å². The van der Waals surface area contributed by atoms with Gasteiger partial charge in [0.2, 0.25) is 0 Å². The molecular formula is C19H24. The molecule has 19 heavy (non-hydrogen) atoms. The van der Waals surface area contributed by atoms with Gasteiger partial charge in [-0.1, -0.05) is 74.0 Å². The second-order valence-electron chi connectivity index (χ2n) is 4.25. The molecule has 0 saturated carbocycles. The second kappa shape index (κ2) is 7.58. The molecule has 0 aliphatic heterocycles. The van der Waals surface area contributed by atoms with Crippen LogP contribution in [-0.4, -0.2) is 0 Å². The molecule has 0 atom stereocenters. The fraction of sp³-hybridized carbons (Fsp3) is 0.263. The third kappa shape index (κ3) is 3.57. The summed E-state index contributed by atoms with van der Waals surface area (Å²) in [6, 6.07) is 15.2. The monoisotopic (exact) mass is 252 g/mol. The Bertz CT molecular complexity index is 616. The molecule has 100 valence electrons. The predicted octanol–water partition coefficient (Wildman–Crippen LogP) is 4.29. The molecule has 0 radical (unpaired) electrons. The Kier molecular flexibility index (Phi) is 6.08. The van der Waals surface area contributed by atoms with Crippen LogP contribution in [0.2, 0.25) is 0 Å². The molecule has 0 heteroatoms. The maximum Gasteiger partial charge on any atom is -0.0109 e. The van der Waals surface area contributed by atoms with Crippen molar-refractivity contribution in [1.82, 2.24) is 0 Å². The second-order valence-corrected chi connectivity index (χ2v) is 4.25. The van der Waals surface area contributed by atoms with E-state index >= 15 is 0 Å². The maximum atomic E-state index is 2.19. The average molecular weight is 252 g/mol. The standard InChI is InChI=1S/C17H18.C2H6/c1-4-14-7-6-8-17(16(14)5-2)15-11-9-13(3)10-12-15;1-2/h4-12H,1-3H3;1-2H3/b14-4-,16-5+;. The summed E-state index contributed by atoms with van der Waals surface area (Å²) >= 11 is 0. The van der Waals surface area contributed by atoms with Gasteiger partial charge in [-0.05, 0) is 42.3 Å². The highest BCUT2D eigenvalue weighted by Crippen LogP contribution is 2.14. The van der Waals surface area contributed by atoms with Crippen LogP contribution >= 0.6 is 0 Å². The molecular weight excluding hydrogens is 228 g/mol. The smallest absolute Gasteiger partial charge is 0.0109 e. The Morgan fingerprint density at radius 3 is 1.95 bits per heavy atom. The molecule has 0 bridgehead atoms. The Balaban J connectivity index is 0.000000861. The molecule has 0 spiro atoms. The molecule has 0 nitrogen and oxygen atoms in total. The molecule has 2 aromatic carbocycles. The number of hydrogen-bond acceptors (Lipinski definition) is 0. The molecule has 0 aliphatic carbocycles. The first-order valence-corrected chi connectivity index (χ1v) is 7.05. The van der Waals surface area contributed by atoms with E-state index in [9.17, 15) is 0 Å². The van der Waals surface area contributed by atoms with Gasteiger partial charge in [-0.15, -0.1) is 0 Å². The van der Waals surface area contributed by atoms with E-state index in [1.54, 1.807) is 0 Å². The molecule has 0 heterocycles. The van der Waals surface area contributed by atoms with Crippen LogP contribution < -0.4 is 10.4 Å². The van der Waals surface area contributed by atoms with Gasteiger partial charge in [-0.2, -0.15) is 0 Å². The van der Waals surface area contributed by atoms with Crippen molar-refractivity contribution in [2.24, 2.45) is 0 Å². The summed E-state index contributed by atoms with van der Waals surface area (Å²) in [7, 11) is 0. The molecule has 0 saturated heterocycles. The van der Waals surface area contributed by atoms with Crippen LogP contribution in [0, 0.1) is 6.92 Å². The summed E-state index contributed by atoms with van der Waals surface area (Å²) in [5.41, 5.74) is 3.89. The predicted molar refractivity (Wildman–Crippen MR) is 87.5 cm³/mol. The minimum Gasteiger partial charge on any atom is -0.0798 e. The Labute approximate surface area is 117 Å². The van der Waals surface area contributed by atoms with Crippen LogP contribution in [0.3, 0.4) is 0 Å². The molecule has 0 amide bonds. The van der Waals surface area contributed by atoms with Crippen LogP contribution in [0.25, 0.3) is 23.3 Å². The normalized spacial score (nSPS) is 12.1. The largest absolute Gasteiger partial charge is 0.0798 e. The first kappa shape index (κ1) is 15.2. The van der Waals surface area contributed by atoms with Gasteiger partial charge in [0, 0.05) is 0 Å². The molecule has 0 aromatic heterocycles. The zero-order valence-corrected chi connectivity index (χ0v) is 12.7. The van der Waals surface area contributed by atoms with Crippen LogP contribution in [0.15, 0.2) is 42.5 Å². The van der Waals surface area contributed by atoms with E-state index in [-0.39, 0.29) is 0 Å². The molecule has 0 unspecified atom stereocenters. The Hall–Kier alpha value is -1.82. The molecule has 0 N–H and O–H groups in total. The van der Waals surface area contributed by atoms with Crippen molar-refractivity contribution < 1.29 is 0 Å². The van der Waals surface area contributed by atoms with Gasteiger partial charge in [-0.3, -0.25) is 0 Å². The lowest BCUT2D eigenvalue weighted by Crippen LogP contribution is -2.25. The van der Waals surface area contributed by atoms with Gasteiger partial charge in [0.25, 0.3) is 0 Å². The van der Waals surface area contributed by atoms with Gasteiger partial charge in [0.05, 0.1) is 0 Å². The van der Waals surface area contributed by atoms with Crippen molar-refractivity contribution in [2.75, 3.05) is 0 Å². The molecule has 0 aliphatic rings. The quantitative estimate of drug-likeness (QED) is 0.710. The number of hydrogen-bond donors (Lipinski definition) is 0. The SMILES string of the molecule is C/C=c1/cccc(-c2ccc(C)cc2)/c1=C/C.CC. The fourth-order valence-electron chi connectivity index (χ4n) is 2.14. The molecule has 2 rings (SSSR count). The van der Waals surface area contributed by atoms with Gasteiger partial charge in [0.15, 0.2) is 0 Å². The summed E-state index contributed by atoms with van der Waals surface area (Å²) in [5.74, 6) is 0. The van der Waals surface area contributed by atoms with Crippen molar-refractivity contribution >= 4 is 12.2 Å². The summed E-state index contributed by atoms with van der Waals surface area (Å²) < 4.78 is 0. The number of rotatable bonds is 1. The van der Waals surface area contributed by atoms with Gasteiger partial charge in [-0.25, -0.2) is 0 Å². The minimum atomic E-state index is 1.28. The number of benzene rings is 2. The summed E-state index contributed by atoms with van der Waals surface area (Å²) in [5, 5.41) is 2.62. The zero-order valence-electron chi connectivity index (χ0n) is 12.7. The van der Waals surface area contributed by atoms with E-state index in [2.05, 4.69) is 75.4 Å². The Morgan fingerprint density at radius 1 is 0.789 bits per heavy atom. The first-order chi connectivity index (χ1) is 9.26. The lowest BCUT2D eigenvalue weighted by molar-refractivity contribution is 1.44. The van der Waals surface area contributed by atoms with Gasteiger partial charge >= 0.3 is 0 Å². The van der Waals surface area contributed by atoms with Crippen molar-refractivity contribution in [2.45, 2.75) is 34.6 Å². The van der Waals surface area contributed by atoms with E-state index in [0.717, 1.165) is 0 Å². The summed E-state index contributed by atoms with van der Waals surface area (Å²) in [6.45, 7) is 10.3. The fourth-order valence-corrected chi connectivity index (χ4v) is 2.14. The van der Waals surface area contributed by atoms with E-state index in [4.69, 9.17) is 0 Å². The lowest BCUT2D eigenvalue weighted by atomic mass is 10.0. The molecule has 0 fully saturated rings. The third-order valence-electron chi connectivity index (χ3n) is 3.10. The van der Waals surface area contributed by atoms with Crippen LogP contribution in [-0.2, 0) is 0 Å². The maximum absolute atomic E-state index is 2.19.